The summed E-state index contributed by atoms with van der Waals surface area (Å²) < 4.78 is 41.8. The summed E-state index contributed by atoms with van der Waals surface area (Å²) in [7, 11) is 0. The van der Waals surface area contributed by atoms with Crippen LogP contribution in [0.15, 0.2) is 37.0 Å². The van der Waals surface area contributed by atoms with Gasteiger partial charge >= 0.3 is 11.9 Å². The zero-order chi connectivity index (χ0) is 24.4. The molecule has 10 nitrogen and oxygen atoms in total. The number of hydrogen-bond acceptors (Lipinski definition) is 10. The van der Waals surface area contributed by atoms with Crippen LogP contribution in [0.2, 0.25) is 0 Å². The maximum absolute atomic E-state index is 10.8. The van der Waals surface area contributed by atoms with Crippen LogP contribution in [0.1, 0.15) is 6.92 Å². The Hall–Kier alpha value is -2.08. The zero-order valence-corrected chi connectivity index (χ0v) is 19.6. The van der Waals surface area contributed by atoms with Crippen LogP contribution in [0, 0.1) is 0 Å². The highest BCUT2D eigenvalue weighted by Crippen LogP contribution is 1.94. The molecule has 0 saturated carbocycles. The van der Waals surface area contributed by atoms with Gasteiger partial charge in [0.25, 0.3) is 0 Å². The molecule has 0 spiro atoms. The molecule has 0 radical (unpaired) electrons. The van der Waals surface area contributed by atoms with Gasteiger partial charge < -0.3 is 37.9 Å². The summed E-state index contributed by atoms with van der Waals surface area (Å²) in [5.41, 5.74) is 1.07. The van der Waals surface area contributed by atoms with E-state index in [-0.39, 0.29) is 13.2 Å². The van der Waals surface area contributed by atoms with Crippen molar-refractivity contribution in [2.24, 2.45) is 0 Å². The van der Waals surface area contributed by atoms with Crippen LogP contribution in [0.3, 0.4) is 0 Å². The second-order valence-electron chi connectivity index (χ2n) is 6.37. The normalized spacial score (nSPS) is 11.2. The lowest BCUT2D eigenvalue weighted by molar-refractivity contribution is -0.140. The predicted molar refractivity (Wildman–Crippen MR) is 121 cm³/mol. The average Bonchev–Trinajstić information content (AvgIpc) is 2.82. The van der Waals surface area contributed by atoms with Gasteiger partial charge in [0.1, 0.15) is 13.2 Å². The van der Waals surface area contributed by atoms with Crippen LogP contribution in [0.25, 0.3) is 0 Å². The highest BCUT2D eigenvalue weighted by Gasteiger charge is 1.97. The van der Waals surface area contributed by atoms with Crippen LogP contribution in [-0.2, 0) is 47.5 Å². The molecular weight excluding hydrogens is 436 g/mol. The van der Waals surface area contributed by atoms with Crippen molar-refractivity contribution in [3.8, 4) is 0 Å². The van der Waals surface area contributed by atoms with Crippen molar-refractivity contribution in [2.45, 2.75) is 6.92 Å². The second kappa shape index (κ2) is 24.6. The van der Waals surface area contributed by atoms with Gasteiger partial charge in [0.05, 0.1) is 79.3 Å². The smallest absolute Gasteiger partial charge is 0.330 e. The first-order valence-electron chi connectivity index (χ1n) is 10.8. The van der Waals surface area contributed by atoms with Crippen LogP contribution >= 0.6 is 0 Å². The molecule has 0 fully saturated rings. The van der Waals surface area contributed by atoms with Gasteiger partial charge in [-0.3, -0.25) is 0 Å². The van der Waals surface area contributed by atoms with E-state index < -0.39 is 11.9 Å². The molecule has 0 saturated heterocycles. The molecule has 10 heteroatoms. The number of ether oxygens (including phenoxy) is 8. The average molecular weight is 475 g/mol. The fourth-order valence-electron chi connectivity index (χ4n) is 1.98. The van der Waals surface area contributed by atoms with Gasteiger partial charge in [0.15, 0.2) is 0 Å². The number of carbonyl (C=O) groups is 2. The van der Waals surface area contributed by atoms with Crippen molar-refractivity contribution in [3.63, 3.8) is 0 Å². The molecule has 0 aliphatic rings. The second-order valence-corrected chi connectivity index (χ2v) is 6.37. The van der Waals surface area contributed by atoms with E-state index in [9.17, 15) is 9.59 Å². The number of hydrogen-bond donors (Lipinski definition) is 0. The lowest BCUT2D eigenvalue weighted by Gasteiger charge is -2.08. The monoisotopic (exact) mass is 474 g/mol. The Morgan fingerprint density at radius 2 is 0.939 bits per heavy atom. The van der Waals surface area contributed by atoms with Crippen LogP contribution in [0.5, 0.6) is 0 Å². The maximum atomic E-state index is 10.8. The van der Waals surface area contributed by atoms with Gasteiger partial charge in [0.2, 0.25) is 0 Å². The molecule has 0 aromatic carbocycles. The van der Waals surface area contributed by atoms with Crippen LogP contribution in [-0.4, -0.2) is 104 Å². The van der Waals surface area contributed by atoms with E-state index in [2.05, 4.69) is 13.2 Å². The number of esters is 2. The summed E-state index contributed by atoms with van der Waals surface area (Å²) in [5.74, 6) is -0.921. The largest absolute Gasteiger partial charge is 0.460 e. The Kier molecular flexibility index (Phi) is 23.0. The molecule has 190 valence electrons. The van der Waals surface area contributed by atoms with Gasteiger partial charge in [-0.05, 0) is 12.5 Å². The third-order valence-electron chi connectivity index (χ3n) is 3.64. The first-order chi connectivity index (χ1) is 16.1. The van der Waals surface area contributed by atoms with Gasteiger partial charge in [-0.1, -0.05) is 19.2 Å². The lowest BCUT2D eigenvalue weighted by atomic mass is 10.3. The fourth-order valence-corrected chi connectivity index (χ4v) is 1.98. The van der Waals surface area contributed by atoms with E-state index in [1.807, 2.05) is 13.0 Å². The zero-order valence-electron chi connectivity index (χ0n) is 19.6. The third kappa shape index (κ3) is 24.4. The minimum Gasteiger partial charge on any atom is -0.460 e. The minimum atomic E-state index is -0.460. The van der Waals surface area contributed by atoms with Gasteiger partial charge in [-0.2, -0.15) is 0 Å². The summed E-state index contributed by atoms with van der Waals surface area (Å²) in [6.07, 6.45) is 4.18. The van der Waals surface area contributed by atoms with E-state index >= 15 is 0 Å². The van der Waals surface area contributed by atoms with Crippen molar-refractivity contribution in [1.82, 2.24) is 0 Å². The quantitative estimate of drug-likeness (QED) is 0.0883. The number of carbonyl (C=O) groups excluding carboxylic acids is 2. The standard InChI is InChI=1S/C23H38O10/c1-4-22(24)32-18-16-29-12-10-27-9-8-26-7-6-21(3)20-31-15-14-28-11-13-30-17-19-33-23(25)5-2/h4-6H,1-2,7-20H2,3H3/b21-6-. The molecule has 0 bridgehead atoms. The van der Waals surface area contributed by atoms with Crippen molar-refractivity contribution >= 4 is 11.9 Å². The molecule has 0 amide bonds. The van der Waals surface area contributed by atoms with E-state index in [0.29, 0.717) is 79.3 Å². The lowest BCUT2D eigenvalue weighted by Crippen LogP contribution is -2.13. The Morgan fingerprint density at radius 1 is 0.576 bits per heavy atom. The van der Waals surface area contributed by atoms with E-state index in [1.54, 1.807) is 0 Å². The van der Waals surface area contributed by atoms with Gasteiger partial charge in [-0.25, -0.2) is 9.59 Å². The number of rotatable bonds is 24. The van der Waals surface area contributed by atoms with Crippen molar-refractivity contribution in [3.05, 3.63) is 37.0 Å². The summed E-state index contributed by atoms with van der Waals surface area (Å²) in [6, 6.07) is 0. The predicted octanol–water partition coefficient (Wildman–Crippen LogP) is 1.49. The Balaban J connectivity index is 3.30. The summed E-state index contributed by atoms with van der Waals surface area (Å²) >= 11 is 0. The van der Waals surface area contributed by atoms with Crippen molar-refractivity contribution in [2.75, 3.05) is 92.5 Å². The van der Waals surface area contributed by atoms with E-state index in [0.717, 1.165) is 17.7 Å². The first-order valence-corrected chi connectivity index (χ1v) is 10.8. The van der Waals surface area contributed by atoms with E-state index in [4.69, 9.17) is 37.9 Å². The molecule has 0 rings (SSSR count). The van der Waals surface area contributed by atoms with Crippen LogP contribution < -0.4 is 0 Å². The first kappa shape index (κ1) is 30.9. The highest BCUT2D eigenvalue weighted by atomic mass is 16.6. The third-order valence-corrected chi connectivity index (χ3v) is 3.64. The molecular formula is C23H38O10. The molecule has 33 heavy (non-hydrogen) atoms. The molecule has 0 heterocycles. The Bertz CT molecular complexity index is 547. The summed E-state index contributed by atoms with van der Waals surface area (Å²) in [6.45, 7) is 14.3. The maximum Gasteiger partial charge on any atom is 0.330 e. The summed E-state index contributed by atoms with van der Waals surface area (Å²) in [5, 5.41) is 0. The SMILES string of the molecule is C=CC(=O)OCCOCCOCCOC/C=C(/C)COCCOCCOCCOC(=O)C=C. The molecule has 0 N–H and O–H groups in total. The van der Waals surface area contributed by atoms with E-state index in [1.165, 1.54) is 0 Å². The van der Waals surface area contributed by atoms with Gasteiger partial charge in [-0.15, -0.1) is 0 Å². The molecule has 0 aliphatic carbocycles. The fraction of sp³-hybridized carbons (Fsp3) is 0.652. The molecule has 0 atom stereocenters. The topological polar surface area (TPSA) is 108 Å². The summed E-state index contributed by atoms with van der Waals surface area (Å²) in [4.78, 5) is 21.6. The molecule has 0 aromatic rings. The van der Waals surface area contributed by atoms with Crippen molar-refractivity contribution in [1.29, 1.82) is 0 Å². The molecule has 0 unspecified atom stereocenters. The van der Waals surface area contributed by atoms with Crippen LogP contribution in [0.4, 0.5) is 0 Å². The highest BCUT2D eigenvalue weighted by molar-refractivity contribution is 5.81. The molecule has 0 aliphatic heterocycles. The van der Waals surface area contributed by atoms with Crippen molar-refractivity contribution < 1.29 is 47.5 Å². The minimum absolute atomic E-state index is 0.198. The Labute approximate surface area is 196 Å². The molecule has 0 aromatic heterocycles. The van der Waals surface area contributed by atoms with Gasteiger partial charge in [0, 0.05) is 12.2 Å². The Morgan fingerprint density at radius 3 is 1.36 bits per heavy atom.